The van der Waals surface area contributed by atoms with Crippen molar-refractivity contribution in [2.75, 3.05) is 11.9 Å². The van der Waals surface area contributed by atoms with Crippen molar-refractivity contribution in [3.63, 3.8) is 0 Å². The molecule has 0 radical (unpaired) electrons. The zero-order valence-corrected chi connectivity index (χ0v) is 15.7. The summed E-state index contributed by atoms with van der Waals surface area (Å²) in [5.41, 5.74) is 3.67. The van der Waals surface area contributed by atoms with Crippen LogP contribution >= 0.6 is 0 Å². The number of aryl methyl sites for hydroxylation is 1. The Morgan fingerprint density at radius 1 is 1.14 bits per heavy atom. The van der Waals surface area contributed by atoms with Crippen LogP contribution in [0.25, 0.3) is 11.2 Å². The maximum atomic E-state index is 10.3. The summed E-state index contributed by atoms with van der Waals surface area (Å²) in [6, 6.07) is 8.55. The summed E-state index contributed by atoms with van der Waals surface area (Å²) in [4.78, 5) is 13.1. The third kappa shape index (κ3) is 3.06. The minimum atomic E-state index is -1.19. The van der Waals surface area contributed by atoms with Crippen molar-refractivity contribution in [2.24, 2.45) is 0 Å². The molecule has 2 aliphatic rings. The fourth-order valence-corrected chi connectivity index (χ4v) is 4.32. The molecule has 1 saturated heterocycles. The van der Waals surface area contributed by atoms with E-state index >= 15 is 0 Å². The van der Waals surface area contributed by atoms with Gasteiger partial charge in [0.2, 0.25) is 0 Å². The van der Waals surface area contributed by atoms with Gasteiger partial charge in [0, 0.05) is 0 Å². The van der Waals surface area contributed by atoms with E-state index in [1.807, 2.05) is 6.07 Å². The summed E-state index contributed by atoms with van der Waals surface area (Å²) in [6.45, 7) is -0.385. The van der Waals surface area contributed by atoms with Crippen molar-refractivity contribution in [3.8, 4) is 0 Å². The molecule has 2 aromatic heterocycles. The van der Waals surface area contributed by atoms with Crippen molar-refractivity contribution in [3.05, 3.63) is 48.0 Å². The van der Waals surface area contributed by atoms with Crippen molar-refractivity contribution in [2.45, 2.75) is 49.8 Å². The van der Waals surface area contributed by atoms with E-state index < -0.39 is 24.5 Å². The number of rotatable bonds is 4. The van der Waals surface area contributed by atoms with E-state index in [1.165, 1.54) is 23.8 Å². The number of fused-ring (bicyclic) bond motifs is 2. The molecule has 1 fully saturated rings. The third-order valence-electron chi connectivity index (χ3n) is 5.83. The minimum Gasteiger partial charge on any atom is -0.394 e. The van der Waals surface area contributed by atoms with E-state index in [4.69, 9.17) is 4.74 Å². The summed E-state index contributed by atoms with van der Waals surface area (Å²) in [7, 11) is 0. The molecule has 152 valence electrons. The van der Waals surface area contributed by atoms with Crippen LogP contribution in [0.1, 0.15) is 36.2 Å². The van der Waals surface area contributed by atoms with Gasteiger partial charge in [-0.3, -0.25) is 4.57 Å². The van der Waals surface area contributed by atoms with Gasteiger partial charge in [-0.25, -0.2) is 15.0 Å². The van der Waals surface area contributed by atoms with Crippen LogP contribution in [0.4, 0.5) is 5.82 Å². The van der Waals surface area contributed by atoms with E-state index in [0.29, 0.717) is 17.0 Å². The second-order valence-corrected chi connectivity index (χ2v) is 7.56. The predicted octanol–water partition coefficient (Wildman–Crippen LogP) is 0.927. The van der Waals surface area contributed by atoms with Crippen LogP contribution in [0.15, 0.2) is 36.9 Å². The van der Waals surface area contributed by atoms with E-state index in [9.17, 15) is 15.3 Å². The van der Waals surface area contributed by atoms with Crippen LogP contribution in [0.3, 0.4) is 0 Å². The lowest BCUT2D eigenvalue weighted by Gasteiger charge is -2.26. The van der Waals surface area contributed by atoms with Gasteiger partial charge in [0.15, 0.2) is 23.2 Å². The smallest absolute Gasteiger partial charge is 0.167 e. The average Bonchev–Trinajstić information content (AvgIpc) is 3.30. The summed E-state index contributed by atoms with van der Waals surface area (Å²) in [5.74, 6) is 0.613. The van der Waals surface area contributed by atoms with E-state index in [-0.39, 0.29) is 12.6 Å². The molecule has 0 amide bonds. The Balaban J connectivity index is 1.47. The molecular weight excluding hydrogens is 374 g/mol. The predicted molar refractivity (Wildman–Crippen MR) is 104 cm³/mol. The first kappa shape index (κ1) is 18.4. The lowest BCUT2D eigenvalue weighted by Crippen LogP contribution is -2.33. The molecule has 4 N–H and O–H groups in total. The molecule has 9 heteroatoms. The third-order valence-corrected chi connectivity index (χ3v) is 5.83. The number of hydrogen-bond donors (Lipinski definition) is 4. The Morgan fingerprint density at radius 3 is 2.83 bits per heavy atom. The van der Waals surface area contributed by atoms with Gasteiger partial charge in [0.05, 0.1) is 19.0 Å². The Bertz CT molecular complexity index is 1030. The largest absolute Gasteiger partial charge is 0.394 e. The van der Waals surface area contributed by atoms with Crippen LogP contribution in [-0.4, -0.2) is 59.8 Å². The molecular formula is C20H23N5O4. The van der Waals surface area contributed by atoms with Crippen LogP contribution in [0, 0.1) is 0 Å². The van der Waals surface area contributed by atoms with Gasteiger partial charge in [-0.2, -0.15) is 0 Å². The summed E-state index contributed by atoms with van der Waals surface area (Å²) in [6.07, 6.45) is 2.02. The quantitative estimate of drug-likeness (QED) is 0.512. The van der Waals surface area contributed by atoms with Gasteiger partial charge in [0.25, 0.3) is 0 Å². The van der Waals surface area contributed by atoms with Gasteiger partial charge >= 0.3 is 0 Å². The normalized spacial score (nSPS) is 29.1. The van der Waals surface area contributed by atoms with Crippen molar-refractivity contribution in [1.29, 1.82) is 0 Å². The van der Waals surface area contributed by atoms with Crippen LogP contribution in [0.2, 0.25) is 0 Å². The van der Waals surface area contributed by atoms with E-state index in [1.54, 1.807) is 4.57 Å². The average molecular weight is 397 g/mol. The first-order valence-corrected chi connectivity index (χ1v) is 9.81. The molecule has 5 atom stereocenters. The lowest BCUT2D eigenvalue weighted by molar-refractivity contribution is -0.0511. The van der Waals surface area contributed by atoms with Crippen molar-refractivity contribution >= 4 is 17.0 Å². The maximum Gasteiger partial charge on any atom is 0.167 e. The van der Waals surface area contributed by atoms with E-state index in [0.717, 1.165) is 19.3 Å². The zero-order valence-electron chi connectivity index (χ0n) is 15.7. The maximum absolute atomic E-state index is 10.3. The zero-order chi connectivity index (χ0) is 20.0. The number of imidazole rings is 1. The van der Waals surface area contributed by atoms with Gasteiger partial charge < -0.3 is 25.4 Å². The number of ether oxygens (including phenoxy) is 1. The summed E-state index contributed by atoms with van der Waals surface area (Å²) < 4.78 is 7.19. The fraction of sp³-hybridized carbons (Fsp3) is 0.450. The number of nitrogens with one attached hydrogen (secondary N) is 1. The van der Waals surface area contributed by atoms with Gasteiger partial charge in [-0.05, 0) is 30.4 Å². The Kier molecular flexibility index (Phi) is 4.67. The summed E-state index contributed by atoms with van der Waals surface area (Å²) in [5, 5.41) is 33.2. The highest BCUT2D eigenvalue weighted by molar-refractivity contribution is 5.83. The molecule has 9 nitrogen and oxygen atoms in total. The molecule has 1 aliphatic heterocycles. The molecule has 1 aromatic carbocycles. The fourth-order valence-electron chi connectivity index (χ4n) is 4.32. The van der Waals surface area contributed by atoms with Crippen molar-refractivity contribution in [1.82, 2.24) is 19.5 Å². The molecule has 0 saturated carbocycles. The number of aliphatic hydroxyl groups excluding tert-OH is 3. The van der Waals surface area contributed by atoms with Crippen LogP contribution in [-0.2, 0) is 11.2 Å². The highest BCUT2D eigenvalue weighted by Crippen LogP contribution is 2.35. The first-order chi connectivity index (χ1) is 14.2. The molecule has 0 unspecified atom stereocenters. The molecule has 3 heterocycles. The van der Waals surface area contributed by atoms with Gasteiger partial charge in [0.1, 0.15) is 24.6 Å². The highest BCUT2D eigenvalue weighted by Gasteiger charge is 2.44. The Morgan fingerprint density at radius 2 is 2.00 bits per heavy atom. The Labute approximate surface area is 167 Å². The molecule has 5 rings (SSSR count). The number of anilines is 1. The second kappa shape index (κ2) is 7.34. The standard InChI is InChI=1S/C20H23N5O4/c26-8-14-16(27)17(28)20(29-14)25-10-23-15-18(21-9-22-19(15)25)24-13-7-3-5-11-4-1-2-6-12(11)13/h1-2,4,6,9-10,13-14,16-17,20,26-28H,3,5,7-8H2,(H,21,22,24)/t13-,14-,16-,17-,20-/m1/s1. The number of aliphatic hydroxyl groups is 3. The Hall–Kier alpha value is -2.59. The number of nitrogens with zero attached hydrogens (tertiary/aromatic N) is 4. The second-order valence-electron chi connectivity index (χ2n) is 7.56. The topological polar surface area (TPSA) is 126 Å². The number of aromatic nitrogens is 4. The highest BCUT2D eigenvalue weighted by atomic mass is 16.6. The molecule has 0 bridgehead atoms. The molecule has 0 spiro atoms. The molecule has 1 aliphatic carbocycles. The van der Waals surface area contributed by atoms with Crippen molar-refractivity contribution < 1.29 is 20.1 Å². The molecule has 3 aromatic rings. The number of hydrogen-bond acceptors (Lipinski definition) is 8. The van der Waals surface area contributed by atoms with E-state index in [2.05, 4.69) is 38.5 Å². The minimum absolute atomic E-state index is 0.136. The monoisotopic (exact) mass is 397 g/mol. The lowest BCUT2D eigenvalue weighted by atomic mass is 9.88. The van der Waals surface area contributed by atoms with Crippen LogP contribution in [0.5, 0.6) is 0 Å². The number of benzene rings is 1. The SMILES string of the molecule is OC[C@H]1O[C@@H](n2cnc3c(N[C@@H]4CCCc5ccccc54)ncnc32)[C@H](O)[C@@H]1O. The van der Waals surface area contributed by atoms with Gasteiger partial charge in [-0.1, -0.05) is 24.3 Å². The van der Waals surface area contributed by atoms with Crippen LogP contribution < -0.4 is 5.32 Å². The summed E-state index contributed by atoms with van der Waals surface area (Å²) >= 11 is 0. The molecule has 29 heavy (non-hydrogen) atoms. The first-order valence-electron chi connectivity index (χ1n) is 9.81. The van der Waals surface area contributed by atoms with Gasteiger partial charge in [-0.15, -0.1) is 0 Å².